The maximum Gasteiger partial charge on any atom is 0.508 e. The summed E-state index contributed by atoms with van der Waals surface area (Å²) in [4.78, 5) is 54.2. The van der Waals surface area contributed by atoms with Crippen molar-refractivity contribution in [1.29, 1.82) is 5.26 Å². The van der Waals surface area contributed by atoms with Crippen LogP contribution in [0.2, 0.25) is 0 Å². The Balaban J connectivity index is 0.000000147. The fraction of sp³-hybridized carbons (Fsp3) is 0.213. The number of carbonyl (C=O) groups is 2. The second-order valence-electron chi connectivity index (χ2n) is 22.9. The van der Waals surface area contributed by atoms with Crippen molar-refractivity contribution in [3.63, 3.8) is 0 Å². The zero-order valence-corrected chi connectivity index (χ0v) is 59.5. The number of benzene rings is 5. The van der Waals surface area contributed by atoms with Crippen molar-refractivity contribution in [1.82, 2.24) is 30.2 Å². The van der Waals surface area contributed by atoms with Crippen molar-refractivity contribution in [3.8, 4) is 40.7 Å². The number of carbonyl (C=O) groups excluding carboxylic acids is 2. The molecule has 26 heteroatoms. The van der Waals surface area contributed by atoms with Gasteiger partial charge in [0.1, 0.15) is 36.3 Å². The molecule has 2 amide bonds. The highest BCUT2D eigenvalue weighted by Gasteiger charge is 2.30. The predicted molar refractivity (Wildman–Crippen MR) is 399 cm³/mol. The van der Waals surface area contributed by atoms with Gasteiger partial charge in [0.15, 0.2) is 0 Å². The van der Waals surface area contributed by atoms with Crippen molar-refractivity contribution in [2.75, 3.05) is 67.1 Å². The van der Waals surface area contributed by atoms with E-state index < -0.39 is 24.7 Å². The Morgan fingerprint density at radius 2 is 0.950 bits per heavy atom. The SMILES string of the molecule is N#Cc1cc(Br)ccc1F.NC(=O)c1cc(-c2ccccc2)ccc1N1CC[C@@H](Oc2ccccn2)C1.NC(=O)c1cc(Br)ccc1N1CC[C@@H](Oc2ccccn2)C1.OB(O)c1ccccn1.[C-]#[N+]c1cc(Br)ccc1N1CC[C@@H](Oc2ccccn2)C1.c1ccc(O[C@@H]2CCNC2)nc1. The molecule has 7 N–H and O–H groups in total. The maximum atomic E-state index is 12.5. The molecule has 5 aromatic carbocycles. The van der Waals surface area contributed by atoms with Gasteiger partial charge in [0.2, 0.25) is 29.2 Å². The van der Waals surface area contributed by atoms with Crippen LogP contribution < -0.4 is 56.0 Å². The molecule has 0 spiro atoms. The highest BCUT2D eigenvalue weighted by molar-refractivity contribution is 9.11. The number of nitrogens with zero attached hydrogens (tertiary/aromatic N) is 10. The van der Waals surface area contributed by atoms with Gasteiger partial charge in [-0.15, -0.1) is 0 Å². The number of hydrogen-bond acceptors (Lipinski definition) is 18. The van der Waals surface area contributed by atoms with Gasteiger partial charge in [-0.05, 0) is 127 Å². The molecule has 516 valence electrons. The lowest BCUT2D eigenvalue weighted by molar-refractivity contribution is 0.0992. The van der Waals surface area contributed by atoms with Crippen LogP contribution in [0.1, 0.15) is 52.0 Å². The van der Waals surface area contributed by atoms with Crippen LogP contribution in [0.3, 0.4) is 0 Å². The molecule has 14 rings (SSSR count). The smallest absolute Gasteiger partial charge is 0.473 e. The third-order valence-electron chi connectivity index (χ3n) is 15.8. The minimum Gasteiger partial charge on any atom is -0.473 e. The lowest BCUT2D eigenvalue weighted by Crippen LogP contribution is -2.31. The number of nitrogens with one attached hydrogen (secondary N) is 1. The molecule has 0 radical (unpaired) electrons. The first-order valence-corrected chi connectivity index (χ1v) is 34.6. The lowest BCUT2D eigenvalue weighted by atomic mass is 9.86. The minimum atomic E-state index is -1.45. The van der Waals surface area contributed by atoms with Crippen LogP contribution in [0.5, 0.6) is 23.5 Å². The molecule has 4 aliphatic heterocycles. The van der Waals surface area contributed by atoms with E-state index in [0.29, 0.717) is 58.1 Å². The van der Waals surface area contributed by atoms with E-state index in [0.717, 1.165) is 108 Å². The number of nitriles is 1. The summed E-state index contributed by atoms with van der Waals surface area (Å²) in [6, 6.07) is 60.8. The Morgan fingerprint density at radius 1 is 0.525 bits per heavy atom. The van der Waals surface area contributed by atoms with E-state index in [1.807, 2.05) is 152 Å². The molecular weight excluding hydrogens is 1480 g/mol. The number of pyridine rings is 5. The molecular formula is C75H72BBr3FN13O8. The molecule has 0 bridgehead atoms. The van der Waals surface area contributed by atoms with E-state index in [1.165, 1.54) is 18.3 Å². The number of nitrogens with two attached hydrogens (primary N) is 2. The van der Waals surface area contributed by atoms with E-state index in [4.69, 9.17) is 52.3 Å². The summed E-state index contributed by atoms with van der Waals surface area (Å²) >= 11 is 9.90. The molecule has 4 saturated heterocycles. The van der Waals surface area contributed by atoms with Gasteiger partial charge in [-0.25, -0.2) is 29.2 Å². The van der Waals surface area contributed by atoms with E-state index in [9.17, 15) is 14.0 Å². The highest BCUT2D eigenvalue weighted by atomic mass is 79.9. The van der Waals surface area contributed by atoms with Crippen molar-refractivity contribution >= 4 is 95.1 Å². The van der Waals surface area contributed by atoms with E-state index >= 15 is 0 Å². The standard InChI is InChI=1S/C22H21N3O2.C16H16BrN3O2.C16H14BrN3O.C9H12N2O.C7H3BrFN.C5H6BNO2/c23-22(26)19-14-17(16-6-2-1-3-7-16)9-10-20(19)25-13-11-18(15-25)27-21-8-4-5-12-24-21;17-11-4-5-14(13(9-11)16(18)21)20-8-6-12(10-20)22-15-3-1-2-7-19-15;1-18-14-10-12(17)5-6-15(14)20-9-7-13(11-20)21-16-4-2-3-8-19-16;1-2-5-11-9(3-1)12-8-4-6-10-7-8;8-6-1-2-7(9)5(3-6)4-10;8-6(9)5-3-1-2-4-7-5/h1-10,12,14,18H,11,13,15H2,(H2,23,26);1-5,7,9,12H,6,8,10H2,(H2,18,21);2-6,8,10,13H,7,9,11H2;1-3,5,8,10H,4,6-7H2;1-3H;1-4,8-9H/t18-;12-;13-;8-;;/m1111../s1. The number of hydrogen-bond donors (Lipinski definition) is 5. The van der Waals surface area contributed by atoms with Gasteiger partial charge in [-0.3, -0.25) is 14.6 Å². The largest absolute Gasteiger partial charge is 0.508 e. The van der Waals surface area contributed by atoms with Gasteiger partial charge in [-0.2, -0.15) is 5.26 Å². The van der Waals surface area contributed by atoms with Gasteiger partial charge >= 0.3 is 7.12 Å². The maximum absolute atomic E-state index is 12.5. The number of anilines is 3. The van der Waals surface area contributed by atoms with Gasteiger partial charge in [0.05, 0.1) is 48.5 Å². The molecule has 21 nitrogen and oxygen atoms in total. The summed E-state index contributed by atoms with van der Waals surface area (Å²) in [5, 5.41) is 28.6. The van der Waals surface area contributed by atoms with Crippen molar-refractivity contribution < 1.29 is 43.0 Å². The van der Waals surface area contributed by atoms with Crippen molar-refractivity contribution in [3.05, 3.63) is 272 Å². The average Bonchev–Trinajstić information content (AvgIpc) is 1.80. The first-order chi connectivity index (χ1) is 49.1. The third kappa shape index (κ3) is 23.4. The first kappa shape index (κ1) is 74.9. The molecule has 0 unspecified atom stereocenters. The number of halogens is 4. The van der Waals surface area contributed by atoms with Crippen LogP contribution in [0, 0.1) is 23.7 Å². The summed E-state index contributed by atoms with van der Waals surface area (Å²) in [5.74, 6) is 1.31. The lowest BCUT2D eigenvalue weighted by Gasteiger charge is -2.22. The number of rotatable bonds is 15. The summed E-state index contributed by atoms with van der Waals surface area (Å²) in [6.45, 7) is 14.0. The molecule has 4 aliphatic rings. The Bertz CT molecular complexity index is 4340. The van der Waals surface area contributed by atoms with E-state index in [2.05, 4.69) is 97.6 Å². The van der Waals surface area contributed by atoms with Crippen molar-refractivity contribution in [2.45, 2.75) is 50.1 Å². The van der Waals surface area contributed by atoms with Crippen LogP contribution in [-0.2, 0) is 0 Å². The first-order valence-electron chi connectivity index (χ1n) is 32.2. The summed E-state index contributed by atoms with van der Waals surface area (Å²) in [7, 11) is -1.45. The van der Waals surface area contributed by atoms with Crippen LogP contribution in [0.4, 0.5) is 27.1 Å². The van der Waals surface area contributed by atoms with Gasteiger partial charge in [-0.1, -0.05) is 115 Å². The number of amides is 2. The Labute approximate surface area is 611 Å². The molecule has 101 heavy (non-hydrogen) atoms. The van der Waals surface area contributed by atoms with Crippen LogP contribution in [0.15, 0.2) is 239 Å². The Morgan fingerprint density at radius 3 is 1.37 bits per heavy atom. The van der Waals surface area contributed by atoms with Gasteiger partial charge < -0.3 is 60.5 Å². The van der Waals surface area contributed by atoms with Gasteiger partial charge in [0.25, 0.3) is 11.8 Å². The van der Waals surface area contributed by atoms with E-state index in [1.54, 1.807) is 61.2 Å². The second kappa shape index (κ2) is 38.9. The highest BCUT2D eigenvalue weighted by Crippen LogP contribution is 2.36. The third-order valence-corrected chi connectivity index (χ3v) is 17.3. The summed E-state index contributed by atoms with van der Waals surface area (Å²) in [6.07, 6.45) is 12.7. The molecule has 4 fully saturated rings. The monoisotopic (exact) mass is 1550 g/mol. The molecule has 5 aromatic heterocycles. The molecule has 10 aromatic rings. The van der Waals surface area contributed by atoms with Gasteiger partial charge in [0, 0.05) is 131 Å². The number of aromatic nitrogens is 5. The fourth-order valence-corrected chi connectivity index (χ4v) is 12.0. The average molecular weight is 1550 g/mol. The summed E-state index contributed by atoms with van der Waals surface area (Å²) in [5.41, 5.74) is 17.9. The Hall–Kier alpha value is -10.3. The number of ether oxygens (including phenoxy) is 4. The topological polar surface area (TPSA) is 278 Å². The number of primary amides is 2. The van der Waals surface area contributed by atoms with E-state index in [-0.39, 0.29) is 29.5 Å². The molecule has 9 heterocycles. The second-order valence-corrected chi connectivity index (χ2v) is 25.7. The zero-order valence-electron chi connectivity index (χ0n) is 54.7. The molecule has 0 aliphatic carbocycles. The predicted octanol–water partition coefficient (Wildman–Crippen LogP) is 12.2. The van der Waals surface area contributed by atoms with Crippen LogP contribution in [0.25, 0.3) is 16.0 Å². The normalized spacial score (nSPS) is 16.2. The fourth-order valence-electron chi connectivity index (χ4n) is 11.0. The molecule has 0 saturated carbocycles. The molecule has 4 atom stereocenters. The van der Waals surface area contributed by atoms with Crippen LogP contribution in [-0.4, -0.2) is 131 Å². The van der Waals surface area contributed by atoms with Crippen LogP contribution >= 0.6 is 47.8 Å². The minimum absolute atomic E-state index is 0.0365. The zero-order chi connectivity index (χ0) is 71.3. The summed E-state index contributed by atoms with van der Waals surface area (Å²) < 4.78 is 38.3. The Kier molecular flexibility index (Phi) is 28.8. The van der Waals surface area contributed by atoms with Crippen molar-refractivity contribution in [2.24, 2.45) is 11.5 Å². The quantitative estimate of drug-likeness (QED) is 0.0471.